The Morgan fingerprint density at radius 1 is 1.09 bits per heavy atom. The first-order valence-corrected chi connectivity index (χ1v) is 13.6. The number of ether oxygens (including phenoxy) is 2. The van der Waals surface area contributed by atoms with E-state index in [9.17, 15) is 4.79 Å². The summed E-state index contributed by atoms with van der Waals surface area (Å²) in [5, 5.41) is 4.37. The van der Waals surface area contributed by atoms with Crippen molar-refractivity contribution >= 4 is 5.78 Å². The van der Waals surface area contributed by atoms with Crippen molar-refractivity contribution < 1.29 is 14.3 Å². The van der Waals surface area contributed by atoms with Crippen molar-refractivity contribution in [2.24, 2.45) is 46.3 Å². The second kappa shape index (κ2) is 9.02. The van der Waals surface area contributed by atoms with Crippen LogP contribution in [-0.2, 0) is 16.1 Å². The minimum absolute atomic E-state index is 0.171. The van der Waals surface area contributed by atoms with Gasteiger partial charge in [0.2, 0.25) is 0 Å². The first kappa shape index (κ1) is 23.4. The van der Waals surface area contributed by atoms with Crippen LogP contribution in [0.4, 0.5) is 0 Å². The lowest BCUT2D eigenvalue weighted by Crippen LogP contribution is -2.54. The van der Waals surface area contributed by atoms with E-state index >= 15 is 0 Å². The van der Waals surface area contributed by atoms with E-state index in [4.69, 9.17) is 9.47 Å². The lowest BCUT2D eigenvalue weighted by Gasteiger charge is -2.61. The van der Waals surface area contributed by atoms with Gasteiger partial charge in [-0.1, -0.05) is 13.8 Å². The highest BCUT2D eigenvalue weighted by Crippen LogP contribution is 2.67. The van der Waals surface area contributed by atoms with Gasteiger partial charge in [0.05, 0.1) is 25.5 Å². The Bertz CT molecular complexity index is 852. The third-order valence-corrected chi connectivity index (χ3v) is 10.8. The molecule has 1 aromatic rings. The fourth-order valence-corrected chi connectivity index (χ4v) is 9.21. The summed E-state index contributed by atoms with van der Waals surface area (Å²) < 4.78 is 12.8. The zero-order valence-electron chi connectivity index (χ0n) is 21.2. The van der Waals surface area contributed by atoms with Crippen LogP contribution < -0.4 is 4.74 Å². The van der Waals surface area contributed by atoms with Gasteiger partial charge in [-0.15, -0.1) is 0 Å². The van der Waals surface area contributed by atoms with Crippen molar-refractivity contribution in [1.29, 1.82) is 0 Å². The third kappa shape index (κ3) is 3.96. The standard InChI is InChI=1S/C28H44N2O3/c1-5-33-21-15-29-30(16-21)17-26(31)25-9-8-23-22-7-6-20-14-19(18-32-4)10-12-27(20,2)24(22)11-13-28(23,25)3/h15-16,19-20,22-25H,5-14,17-18H2,1-4H3. The fraction of sp³-hybridized carbons (Fsp3) is 0.857. The molecule has 0 aliphatic heterocycles. The van der Waals surface area contributed by atoms with Crippen molar-refractivity contribution in [3.05, 3.63) is 12.4 Å². The molecular weight excluding hydrogens is 412 g/mol. The van der Waals surface area contributed by atoms with E-state index in [1.54, 1.807) is 10.9 Å². The van der Waals surface area contributed by atoms with Gasteiger partial charge >= 0.3 is 0 Å². The molecule has 5 nitrogen and oxygen atoms in total. The van der Waals surface area contributed by atoms with Crippen molar-refractivity contribution in [3.63, 3.8) is 0 Å². The Morgan fingerprint density at radius 3 is 2.67 bits per heavy atom. The molecule has 5 heteroatoms. The number of aromatic nitrogens is 2. The maximum Gasteiger partial charge on any atom is 0.157 e. The lowest BCUT2D eigenvalue weighted by atomic mass is 9.44. The first-order valence-electron chi connectivity index (χ1n) is 13.6. The number of Topliss-reactive ketones (excluding diaryl/α,β-unsaturated/α-hetero) is 1. The number of nitrogens with zero attached hydrogens (tertiary/aromatic N) is 2. The molecule has 8 atom stereocenters. The van der Waals surface area contributed by atoms with Gasteiger partial charge < -0.3 is 9.47 Å². The predicted octanol–water partition coefficient (Wildman–Crippen LogP) is 5.77. The van der Waals surface area contributed by atoms with Crippen molar-refractivity contribution in [1.82, 2.24) is 9.78 Å². The van der Waals surface area contributed by atoms with Crippen LogP contribution in [0.5, 0.6) is 5.75 Å². The molecule has 0 amide bonds. The molecule has 0 spiro atoms. The van der Waals surface area contributed by atoms with Gasteiger partial charge in [-0.2, -0.15) is 5.10 Å². The number of rotatable bonds is 7. The third-order valence-electron chi connectivity index (χ3n) is 10.8. The molecule has 4 saturated carbocycles. The number of methoxy groups -OCH3 is 1. The summed E-state index contributed by atoms with van der Waals surface area (Å²) in [4.78, 5) is 13.5. The molecule has 0 bridgehead atoms. The van der Waals surface area contributed by atoms with Crippen LogP contribution in [-0.4, -0.2) is 35.9 Å². The lowest BCUT2D eigenvalue weighted by molar-refractivity contribution is -0.138. The summed E-state index contributed by atoms with van der Waals surface area (Å²) in [6.07, 6.45) is 15.3. The zero-order valence-corrected chi connectivity index (χ0v) is 21.2. The normalized spacial score (nSPS) is 42.3. The van der Waals surface area contributed by atoms with Gasteiger partial charge in [0.1, 0.15) is 0 Å². The van der Waals surface area contributed by atoms with Crippen LogP contribution in [0.25, 0.3) is 0 Å². The van der Waals surface area contributed by atoms with Crippen LogP contribution in [0.15, 0.2) is 12.4 Å². The van der Waals surface area contributed by atoms with Crippen LogP contribution >= 0.6 is 0 Å². The molecule has 0 aromatic carbocycles. The second-order valence-corrected chi connectivity index (χ2v) is 12.2. The number of carbonyl (C=O) groups is 1. The highest BCUT2D eigenvalue weighted by molar-refractivity contribution is 5.82. The van der Waals surface area contributed by atoms with Crippen LogP contribution in [0.3, 0.4) is 0 Å². The van der Waals surface area contributed by atoms with E-state index in [0.29, 0.717) is 24.3 Å². The van der Waals surface area contributed by atoms with Crippen molar-refractivity contribution in [3.8, 4) is 5.75 Å². The van der Waals surface area contributed by atoms with E-state index in [2.05, 4.69) is 18.9 Å². The van der Waals surface area contributed by atoms with Gasteiger partial charge in [-0.3, -0.25) is 9.48 Å². The summed E-state index contributed by atoms with van der Waals surface area (Å²) in [5.74, 6) is 5.34. The van der Waals surface area contributed by atoms with Gasteiger partial charge in [-0.05, 0) is 105 Å². The summed E-state index contributed by atoms with van der Waals surface area (Å²) in [7, 11) is 1.86. The molecule has 5 rings (SSSR count). The molecule has 4 aliphatic carbocycles. The molecule has 4 aliphatic rings. The van der Waals surface area contributed by atoms with Gasteiger partial charge in [0.25, 0.3) is 0 Å². The monoisotopic (exact) mass is 456 g/mol. The quantitative estimate of drug-likeness (QED) is 0.522. The highest BCUT2D eigenvalue weighted by atomic mass is 16.5. The number of hydrogen-bond acceptors (Lipinski definition) is 4. The molecule has 0 N–H and O–H groups in total. The second-order valence-electron chi connectivity index (χ2n) is 12.2. The maximum atomic E-state index is 13.5. The molecule has 8 unspecified atom stereocenters. The largest absolute Gasteiger partial charge is 0.491 e. The van der Waals surface area contributed by atoms with Crippen LogP contribution in [0, 0.1) is 46.3 Å². The van der Waals surface area contributed by atoms with Crippen LogP contribution in [0.2, 0.25) is 0 Å². The molecule has 0 saturated heterocycles. The number of hydrogen-bond donors (Lipinski definition) is 0. The minimum Gasteiger partial charge on any atom is -0.491 e. The van der Waals surface area contributed by atoms with E-state index in [1.807, 2.05) is 20.2 Å². The molecule has 1 heterocycles. The number of carbonyl (C=O) groups excluding carboxylic acids is 1. The van der Waals surface area contributed by atoms with E-state index in [1.165, 1.54) is 51.4 Å². The molecule has 0 radical (unpaired) electrons. The molecule has 4 fully saturated rings. The molecule has 33 heavy (non-hydrogen) atoms. The summed E-state index contributed by atoms with van der Waals surface area (Å²) >= 11 is 0. The Kier molecular flexibility index (Phi) is 6.39. The average molecular weight is 457 g/mol. The highest BCUT2D eigenvalue weighted by Gasteiger charge is 2.61. The Morgan fingerprint density at radius 2 is 1.88 bits per heavy atom. The van der Waals surface area contributed by atoms with Gasteiger partial charge in [0, 0.05) is 19.6 Å². The first-order chi connectivity index (χ1) is 15.9. The number of ketones is 1. The Balaban J connectivity index is 1.28. The molecule has 184 valence electrons. The number of fused-ring (bicyclic) bond motifs is 5. The summed E-state index contributed by atoms with van der Waals surface area (Å²) in [6.45, 7) is 9.00. The van der Waals surface area contributed by atoms with Gasteiger partial charge in [-0.25, -0.2) is 0 Å². The topological polar surface area (TPSA) is 53.4 Å². The summed E-state index contributed by atoms with van der Waals surface area (Å²) in [6, 6.07) is 0. The predicted molar refractivity (Wildman–Crippen MR) is 129 cm³/mol. The Labute approximate surface area is 200 Å². The van der Waals surface area contributed by atoms with E-state index in [0.717, 1.165) is 48.4 Å². The van der Waals surface area contributed by atoms with E-state index < -0.39 is 0 Å². The molecule has 1 aromatic heterocycles. The van der Waals surface area contributed by atoms with Crippen molar-refractivity contribution in [2.75, 3.05) is 20.3 Å². The minimum atomic E-state index is 0.171. The van der Waals surface area contributed by atoms with Crippen molar-refractivity contribution in [2.45, 2.75) is 85.1 Å². The average Bonchev–Trinajstić information content (AvgIpc) is 3.37. The molecular formula is C28H44N2O3. The van der Waals surface area contributed by atoms with Gasteiger partial charge in [0.15, 0.2) is 11.5 Å². The smallest absolute Gasteiger partial charge is 0.157 e. The van der Waals surface area contributed by atoms with E-state index in [-0.39, 0.29) is 11.3 Å². The maximum absolute atomic E-state index is 13.5. The Hall–Kier alpha value is -1.36. The van der Waals surface area contributed by atoms with Crippen LogP contribution in [0.1, 0.15) is 78.6 Å². The fourth-order valence-electron chi connectivity index (χ4n) is 9.21. The zero-order chi connectivity index (χ0) is 23.2. The summed E-state index contributed by atoms with van der Waals surface area (Å²) in [5.41, 5.74) is 0.673. The SMILES string of the molecule is CCOc1cnn(CC(=O)C2CCC3C4CCC5CC(COC)CCC5(C)C4CCC23C)c1.